The predicted octanol–water partition coefficient (Wildman–Crippen LogP) is 3.16. The highest BCUT2D eigenvalue weighted by atomic mass is 16.5. The van der Waals surface area contributed by atoms with Crippen molar-refractivity contribution in [1.82, 2.24) is 0 Å². The Morgan fingerprint density at radius 3 is 2.73 bits per heavy atom. The lowest BCUT2D eigenvalue weighted by Gasteiger charge is -2.20. The second-order valence-corrected chi connectivity index (χ2v) is 4.19. The minimum absolute atomic E-state index is 0.0347. The number of carbonyl (C=O) groups excluding carboxylic acids is 1. The molecule has 0 unspecified atom stereocenters. The summed E-state index contributed by atoms with van der Waals surface area (Å²) >= 11 is 0. The normalized spacial score (nSPS) is 22.3. The molecule has 1 radical (unpaired) electrons. The average Bonchev–Trinajstić information content (AvgIpc) is 2.31. The molecule has 2 aliphatic rings. The summed E-state index contributed by atoms with van der Waals surface area (Å²) in [6.45, 7) is 0. The molecule has 2 nitrogen and oxygen atoms in total. The minimum Gasteiger partial charge on any atom is -0.427 e. The second kappa shape index (κ2) is 5.15. The van der Waals surface area contributed by atoms with Crippen LogP contribution in [0.1, 0.15) is 38.5 Å². The van der Waals surface area contributed by atoms with Crippen molar-refractivity contribution >= 4 is 5.97 Å². The third kappa shape index (κ3) is 2.95. The molecule has 0 saturated heterocycles. The molecule has 0 aliphatic heterocycles. The lowest BCUT2D eigenvalue weighted by Crippen LogP contribution is -2.20. The van der Waals surface area contributed by atoms with Crippen LogP contribution in [0.3, 0.4) is 0 Å². The maximum atomic E-state index is 11.8. The maximum Gasteiger partial charge on any atom is 0.314 e. The van der Waals surface area contributed by atoms with Gasteiger partial charge in [0.05, 0.1) is 5.92 Å². The van der Waals surface area contributed by atoms with Crippen LogP contribution in [0, 0.1) is 12.3 Å². The molecule has 0 spiro atoms. The second-order valence-electron chi connectivity index (χ2n) is 4.19. The van der Waals surface area contributed by atoms with Gasteiger partial charge in [0, 0.05) is 0 Å². The fraction of sp³-hybridized carbons (Fsp3) is 0.538. The molecule has 81 valence electrons. The Labute approximate surface area is 91.0 Å². The third-order valence-corrected chi connectivity index (χ3v) is 3.01. The van der Waals surface area contributed by atoms with Gasteiger partial charge in [-0.3, -0.25) is 4.79 Å². The zero-order valence-corrected chi connectivity index (χ0v) is 8.95. The van der Waals surface area contributed by atoms with Crippen LogP contribution < -0.4 is 0 Å². The summed E-state index contributed by atoms with van der Waals surface area (Å²) in [7, 11) is 0. The molecule has 0 amide bonds. The van der Waals surface area contributed by atoms with E-state index in [1.165, 1.54) is 19.3 Å². The van der Waals surface area contributed by atoms with E-state index in [1.807, 2.05) is 24.6 Å². The van der Waals surface area contributed by atoms with Gasteiger partial charge in [-0.1, -0.05) is 25.3 Å². The highest BCUT2D eigenvalue weighted by Gasteiger charge is 2.23. The van der Waals surface area contributed by atoms with Crippen LogP contribution in [0.15, 0.2) is 24.0 Å². The summed E-state index contributed by atoms with van der Waals surface area (Å²) < 4.78 is 5.35. The molecular weight excluding hydrogens is 188 g/mol. The Morgan fingerprint density at radius 1 is 1.27 bits per heavy atom. The standard InChI is InChI=1S/C13H17O2/c14-13(11-7-3-1-4-8-11)15-12-9-5-2-6-10-12/h2,5,9-11H,1,3-4,6-8H2. The van der Waals surface area contributed by atoms with E-state index in [0.29, 0.717) is 5.76 Å². The van der Waals surface area contributed by atoms with E-state index in [0.717, 1.165) is 19.3 Å². The van der Waals surface area contributed by atoms with Crippen LogP contribution in [0.5, 0.6) is 0 Å². The maximum absolute atomic E-state index is 11.8. The molecule has 2 aliphatic carbocycles. The van der Waals surface area contributed by atoms with Crippen molar-refractivity contribution in [2.45, 2.75) is 38.5 Å². The lowest BCUT2D eigenvalue weighted by atomic mass is 9.89. The average molecular weight is 205 g/mol. The summed E-state index contributed by atoms with van der Waals surface area (Å²) in [5, 5.41) is 0. The molecule has 15 heavy (non-hydrogen) atoms. The van der Waals surface area contributed by atoms with Gasteiger partial charge >= 0.3 is 5.97 Å². The fourth-order valence-electron chi connectivity index (χ4n) is 2.11. The number of esters is 1. The highest BCUT2D eigenvalue weighted by molar-refractivity contribution is 5.74. The van der Waals surface area contributed by atoms with E-state index >= 15 is 0 Å². The lowest BCUT2D eigenvalue weighted by molar-refractivity contribution is -0.144. The molecule has 0 aromatic heterocycles. The quantitative estimate of drug-likeness (QED) is 0.647. The van der Waals surface area contributed by atoms with Gasteiger partial charge in [-0.25, -0.2) is 0 Å². The van der Waals surface area contributed by atoms with Gasteiger partial charge in [0.2, 0.25) is 0 Å². The van der Waals surface area contributed by atoms with Crippen molar-refractivity contribution in [1.29, 1.82) is 0 Å². The Morgan fingerprint density at radius 2 is 2.07 bits per heavy atom. The van der Waals surface area contributed by atoms with Crippen LogP contribution in [-0.2, 0) is 9.53 Å². The largest absolute Gasteiger partial charge is 0.427 e. The molecule has 0 aromatic carbocycles. The van der Waals surface area contributed by atoms with Gasteiger partial charge in [0.1, 0.15) is 5.76 Å². The molecule has 2 rings (SSSR count). The Hall–Kier alpha value is -1.05. The van der Waals surface area contributed by atoms with Crippen LogP contribution in [0.4, 0.5) is 0 Å². The first-order valence-corrected chi connectivity index (χ1v) is 5.78. The summed E-state index contributed by atoms with van der Waals surface area (Å²) in [4.78, 5) is 11.8. The SMILES string of the molecule is O=C(OC1=CC[CH]C=C1)C1CCCCC1. The van der Waals surface area contributed by atoms with Gasteiger partial charge in [0.15, 0.2) is 0 Å². The van der Waals surface area contributed by atoms with Crippen LogP contribution in [0.25, 0.3) is 0 Å². The van der Waals surface area contributed by atoms with Crippen LogP contribution in [-0.4, -0.2) is 5.97 Å². The predicted molar refractivity (Wildman–Crippen MR) is 58.8 cm³/mol. The molecule has 0 bridgehead atoms. The van der Waals surface area contributed by atoms with Crippen molar-refractivity contribution in [3.63, 3.8) is 0 Å². The van der Waals surface area contributed by atoms with Crippen molar-refractivity contribution in [2.24, 2.45) is 5.92 Å². The summed E-state index contributed by atoms with van der Waals surface area (Å²) in [5.41, 5.74) is 0. The van der Waals surface area contributed by atoms with Gasteiger partial charge < -0.3 is 4.74 Å². The molecular formula is C13H17O2. The smallest absolute Gasteiger partial charge is 0.314 e. The highest BCUT2D eigenvalue weighted by Crippen LogP contribution is 2.25. The number of carbonyl (C=O) groups is 1. The van der Waals surface area contributed by atoms with Crippen LogP contribution in [0.2, 0.25) is 0 Å². The van der Waals surface area contributed by atoms with E-state index in [9.17, 15) is 4.79 Å². The Balaban J connectivity index is 1.85. The van der Waals surface area contributed by atoms with E-state index < -0.39 is 0 Å². The first-order valence-electron chi connectivity index (χ1n) is 5.78. The number of hydrogen-bond acceptors (Lipinski definition) is 2. The molecule has 0 aromatic rings. The molecule has 1 saturated carbocycles. The van der Waals surface area contributed by atoms with Gasteiger partial charge in [-0.2, -0.15) is 0 Å². The minimum atomic E-state index is -0.0347. The Kier molecular flexibility index (Phi) is 3.59. The van der Waals surface area contributed by atoms with Gasteiger partial charge in [-0.05, 0) is 37.8 Å². The van der Waals surface area contributed by atoms with E-state index in [2.05, 4.69) is 0 Å². The van der Waals surface area contributed by atoms with Crippen molar-refractivity contribution in [3.05, 3.63) is 30.4 Å². The number of hydrogen-bond donors (Lipinski definition) is 0. The van der Waals surface area contributed by atoms with Gasteiger partial charge in [-0.15, -0.1) is 0 Å². The summed E-state index contributed by atoms with van der Waals surface area (Å²) in [6, 6.07) is 0. The Bertz CT molecular complexity index is 283. The summed E-state index contributed by atoms with van der Waals surface area (Å²) in [5.74, 6) is 0.819. The first-order chi connectivity index (χ1) is 7.36. The van der Waals surface area contributed by atoms with Crippen molar-refractivity contribution < 1.29 is 9.53 Å². The van der Waals surface area contributed by atoms with Crippen molar-refractivity contribution in [2.75, 3.05) is 0 Å². The molecule has 0 N–H and O–H groups in total. The first kappa shape index (κ1) is 10.5. The monoisotopic (exact) mass is 205 g/mol. The molecule has 0 heterocycles. The van der Waals surface area contributed by atoms with E-state index in [-0.39, 0.29) is 11.9 Å². The summed E-state index contributed by atoms with van der Waals surface area (Å²) in [6.07, 6.45) is 14.2. The van der Waals surface area contributed by atoms with E-state index in [4.69, 9.17) is 4.74 Å². The van der Waals surface area contributed by atoms with Crippen LogP contribution >= 0.6 is 0 Å². The van der Waals surface area contributed by atoms with Gasteiger partial charge in [0.25, 0.3) is 0 Å². The third-order valence-electron chi connectivity index (χ3n) is 3.01. The number of ether oxygens (including phenoxy) is 1. The zero-order chi connectivity index (χ0) is 10.5. The fourth-order valence-corrected chi connectivity index (χ4v) is 2.11. The number of allylic oxidation sites excluding steroid dienone is 3. The zero-order valence-electron chi connectivity index (χ0n) is 8.95. The molecule has 0 atom stereocenters. The van der Waals surface area contributed by atoms with E-state index in [1.54, 1.807) is 0 Å². The molecule has 2 heteroatoms. The number of rotatable bonds is 2. The van der Waals surface area contributed by atoms with Crippen molar-refractivity contribution in [3.8, 4) is 0 Å². The topological polar surface area (TPSA) is 26.3 Å². The molecule has 1 fully saturated rings.